The Hall–Kier alpha value is -15.1. The zero-order chi connectivity index (χ0) is 74.5. The Bertz CT molecular complexity index is 6260. The van der Waals surface area contributed by atoms with Crippen LogP contribution in [0.3, 0.4) is 0 Å². The maximum Gasteiger partial charge on any atom is 0.164 e. The minimum atomic E-state index is 0.642. The van der Waals surface area contributed by atoms with E-state index in [1.165, 1.54) is 44.2 Å². The van der Waals surface area contributed by atoms with Crippen molar-refractivity contribution >= 4 is 43.4 Å². The fraction of sp³-hybridized carbons (Fsp3) is 0. The molecule has 4 aromatic heterocycles. The van der Waals surface area contributed by atoms with Crippen molar-refractivity contribution in [3.63, 3.8) is 0 Å². The Morgan fingerprint density at radius 3 is 0.732 bits per heavy atom. The first-order valence-electron chi connectivity index (χ1n) is 37.8. The quantitative estimate of drug-likeness (QED) is 0.100. The van der Waals surface area contributed by atoms with Gasteiger partial charge in [-0.1, -0.05) is 400 Å². The maximum atomic E-state index is 5.31. The predicted molar refractivity (Wildman–Crippen MR) is 464 cm³/mol. The molecule has 524 valence electrons. The number of nitrogens with zero attached hydrogens (tertiary/aromatic N) is 7. The third-order valence-electron chi connectivity index (χ3n) is 20.9. The van der Waals surface area contributed by atoms with Gasteiger partial charge in [-0.15, -0.1) is 0 Å². The lowest BCUT2D eigenvalue weighted by Crippen LogP contribution is -2.00. The number of hydrogen-bond acceptors (Lipinski definition) is 7. The Morgan fingerprint density at radius 2 is 0.366 bits per heavy atom. The number of aromatic nitrogens is 7. The molecule has 112 heavy (non-hydrogen) atoms. The normalized spacial score (nSPS) is 11.2. The average molecular weight is 1430 g/mol. The molecule has 0 saturated heterocycles. The second kappa shape index (κ2) is 30.3. The lowest BCUT2D eigenvalue weighted by molar-refractivity contribution is 1.07. The number of fused-ring (bicyclic) bond motifs is 6. The highest BCUT2D eigenvalue weighted by atomic mass is 15.0. The monoisotopic (exact) mass is 1430 g/mol. The van der Waals surface area contributed by atoms with Gasteiger partial charge in [-0.05, 0) is 85.0 Å². The van der Waals surface area contributed by atoms with Crippen LogP contribution in [0.25, 0.3) is 201 Å². The number of benzene rings is 16. The second-order valence-electron chi connectivity index (χ2n) is 27.8. The molecule has 20 aromatic rings. The van der Waals surface area contributed by atoms with E-state index in [4.69, 9.17) is 34.9 Å². The average Bonchev–Trinajstić information content (AvgIpc) is 0.589. The highest BCUT2D eigenvalue weighted by Gasteiger charge is 2.21. The van der Waals surface area contributed by atoms with Gasteiger partial charge in [-0.2, -0.15) is 0 Å². The molecule has 0 unspecified atom stereocenters. The van der Waals surface area contributed by atoms with Crippen molar-refractivity contribution in [2.75, 3.05) is 0 Å². The summed E-state index contributed by atoms with van der Waals surface area (Å²) in [5, 5.41) is 6.98. The summed E-state index contributed by atoms with van der Waals surface area (Å²) in [6, 6.07) is 146. The molecule has 0 fully saturated rings. The molecule has 4 heterocycles. The summed E-state index contributed by atoms with van der Waals surface area (Å²) in [5.41, 5.74) is 27.9. The number of para-hydroxylation sites is 2. The molecule has 20 rings (SSSR count). The zero-order valence-corrected chi connectivity index (χ0v) is 61.0. The van der Waals surface area contributed by atoms with Crippen LogP contribution in [0, 0.1) is 0 Å². The van der Waals surface area contributed by atoms with Crippen LogP contribution in [0.5, 0.6) is 0 Å². The minimum absolute atomic E-state index is 0.642. The molecular weight excluding hydrogens is 1360 g/mol. The van der Waals surface area contributed by atoms with E-state index in [0.29, 0.717) is 23.3 Å². The molecule has 0 amide bonds. The summed E-state index contributed by atoms with van der Waals surface area (Å²) in [5.74, 6) is 2.66. The van der Waals surface area contributed by atoms with E-state index in [1.54, 1.807) is 0 Å². The van der Waals surface area contributed by atoms with Gasteiger partial charge in [0.15, 0.2) is 23.3 Å². The topological polar surface area (TPSA) is 90.2 Å². The third-order valence-corrected chi connectivity index (χ3v) is 20.9. The molecule has 0 N–H and O–H groups in total. The molecule has 0 aliphatic heterocycles. The SMILES string of the molecule is c1ccc(-c2cc(-c3ccc(-c4ccc(-c5cccc6c(-c7ccccc7-c7ccccc7)nc7ccccc7c56)cc4)cc3)nc(-c3ccccc3)n2)cc1.c1ccc(-c2nc(-c3ccccc3)nc(-c3ccc(-c4ccc(-c5cccc6c(-c7ccccc7-c7ccccc7)nc7ccccc7c56)cc4)cc3)n2)cc1. The van der Waals surface area contributed by atoms with Gasteiger partial charge in [0.2, 0.25) is 0 Å². The smallest absolute Gasteiger partial charge is 0.164 e. The molecule has 0 radical (unpaired) electrons. The molecule has 0 saturated carbocycles. The lowest BCUT2D eigenvalue weighted by Gasteiger charge is -2.16. The number of hydrogen-bond donors (Lipinski definition) is 0. The van der Waals surface area contributed by atoms with Gasteiger partial charge in [0.25, 0.3) is 0 Å². The van der Waals surface area contributed by atoms with E-state index >= 15 is 0 Å². The van der Waals surface area contributed by atoms with Crippen molar-refractivity contribution in [1.29, 1.82) is 0 Å². The van der Waals surface area contributed by atoms with E-state index in [9.17, 15) is 0 Å². The van der Waals surface area contributed by atoms with Gasteiger partial charge in [-0.25, -0.2) is 34.9 Å². The summed E-state index contributed by atoms with van der Waals surface area (Å²) < 4.78 is 0. The summed E-state index contributed by atoms with van der Waals surface area (Å²) in [7, 11) is 0. The highest BCUT2D eigenvalue weighted by Crippen LogP contribution is 2.45. The first-order valence-corrected chi connectivity index (χ1v) is 37.8. The minimum Gasteiger partial charge on any atom is -0.247 e. The summed E-state index contributed by atoms with van der Waals surface area (Å²) in [6.45, 7) is 0. The predicted octanol–water partition coefficient (Wildman–Crippen LogP) is 27.1. The fourth-order valence-corrected chi connectivity index (χ4v) is 15.4. The van der Waals surface area contributed by atoms with Crippen molar-refractivity contribution in [3.8, 4) is 157 Å². The van der Waals surface area contributed by atoms with Gasteiger partial charge in [0, 0.05) is 76.8 Å². The van der Waals surface area contributed by atoms with Crippen LogP contribution in [0.2, 0.25) is 0 Å². The molecule has 7 nitrogen and oxygen atoms in total. The van der Waals surface area contributed by atoms with E-state index in [1.807, 2.05) is 97.1 Å². The number of pyridine rings is 2. The van der Waals surface area contributed by atoms with Crippen molar-refractivity contribution in [1.82, 2.24) is 34.9 Å². The van der Waals surface area contributed by atoms with E-state index in [2.05, 4.69) is 322 Å². The Labute approximate surface area is 650 Å². The molecule has 7 heteroatoms. The standard InChI is InChI=1S/C53H35N3.C52H34N4/c1-4-15-38(16-5-1)43-21-10-11-22-45(43)52-47-25-14-24-44(51(47)46-23-12-13-26-48(46)54-52)39-31-27-36(28-32-39)37-29-33-41(34-30-37)50-35-49(40-17-6-2-7-18-40)55-53(56-50)42-19-8-3-9-20-42;1-4-15-37(16-5-1)42-21-10-11-22-44(42)49-46-25-14-24-43(48(46)45-23-12-13-26-47(45)53-49)38-31-27-35(28-32-38)36-29-33-41(34-30-36)52-55-50(39-17-6-2-7-18-39)54-51(56-52)40-19-8-3-9-20-40/h1-35H;1-34H. The molecule has 0 aliphatic carbocycles. The van der Waals surface area contributed by atoms with Gasteiger partial charge < -0.3 is 0 Å². The van der Waals surface area contributed by atoms with E-state index in [0.717, 1.165) is 133 Å². The van der Waals surface area contributed by atoms with Gasteiger partial charge in [0.1, 0.15) is 0 Å². The van der Waals surface area contributed by atoms with Gasteiger partial charge >= 0.3 is 0 Å². The van der Waals surface area contributed by atoms with Crippen LogP contribution in [-0.4, -0.2) is 34.9 Å². The largest absolute Gasteiger partial charge is 0.247 e. The first kappa shape index (κ1) is 67.5. The molecule has 0 aliphatic rings. The third kappa shape index (κ3) is 13.5. The summed E-state index contributed by atoms with van der Waals surface area (Å²) >= 11 is 0. The fourth-order valence-electron chi connectivity index (χ4n) is 15.4. The molecule has 0 spiro atoms. The van der Waals surface area contributed by atoms with Crippen LogP contribution in [0.15, 0.2) is 419 Å². The Morgan fingerprint density at radius 1 is 0.134 bits per heavy atom. The van der Waals surface area contributed by atoms with Crippen LogP contribution in [0.1, 0.15) is 0 Å². The lowest BCUT2D eigenvalue weighted by atomic mass is 9.90. The van der Waals surface area contributed by atoms with Crippen molar-refractivity contribution in [3.05, 3.63) is 419 Å². The summed E-state index contributed by atoms with van der Waals surface area (Å²) in [6.07, 6.45) is 0. The van der Waals surface area contributed by atoms with E-state index in [-0.39, 0.29) is 0 Å². The van der Waals surface area contributed by atoms with Crippen LogP contribution in [0.4, 0.5) is 0 Å². The summed E-state index contributed by atoms with van der Waals surface area (Å²) in [4.78, 5) is 35.3. The Balaban J connectivity index is 0.000000151. The highest BCUT2D eigenvalue weighted by molar-refractivity contribution is 6.19. The van der Waals surface area contributed by atoms with Gasteiger partial charge in [-0.3, -0.25) is 0 Å². The Kier molecular flexibility index (Phi) is 18.3. The van der Waals surface area contributed by atoms with Crippen LogP contribution < -0.4 is 0 Å². The van der Waals surface area contributed by atoms with Crippen LogP contribution in [-0.2, 0) is 0 Å². The maximum absolute atomic E-state index is 5.31. The van der Waals surface area contributed by atoms with Crippen molar-refractivity contribution in [2.24, 2.45) is 0 Å². The van der Waals surface area contributed by atoms with Gasteiger partial charge in [0.05, 0.1) is 33.8 Å². The van der Waals surface area contributed by atoms with Crippen LogP contribution >= 0.6 is 0 Å². The van der Waals surface area contributed by atoms with E-state index < -0.39 is 0 Å². The second-order valence-corrected chi connectivity index (χ2v) is 27.8. The number of rotatable bonds is 14. The van der Waals surface area contributed by atoms with Crippen molar-refractivity contribution in [2.45, 2.75) is 0 Å². The molecule has 0 atom stereocenters. The first-order chi connectivity index (χ1) is 55.5. The molecule has 0 bridgehead atoms. The zero-order valence-electron chi connectivity index (χ0n) is 61.0. The van der Waals surface area contributed by atoms with Crippen molar-refractivity contribution < 1.29 is 0 Å². The molecule has 16 aromatic carbocycles. The molecular formula is C105H69N7.